The standard InChI is InChI=1S/C18H18N6O2/c1-12-5-7-13(8-6-12)10-15(14-4-2-3-9-20-14)22-18-21-11-16(24(25)26)17(19)23-18/h2-9,11,15H,10H2,1H3,(H3,19,21,22,23). The average molecular weight is 350 g/mol. The van der Waals surface area contributed by atoms with Gasteiger partial charge in [0.05, 0.1) is 16.7 Å². The van der Waals surface area contributed by atoms with Gasteiger partial charge in [0.15, 0.2) is 0 Å². The second-order valence-electron chi connectivity index (χ2n) is 5.86. The smallest absolute Gasteiger partial charge is 0.329 e. The number of nitrogens with one attached hydrogen (secondary N) is 1. The molecule has 132 valence electrons. The molecule has 8 nitrogen and oxygen atoms in total. The maximum absolute atomic E-state index is 10.9. The maximum Gasteiger partial charge on any atom is 0.329 e. The van der Waals surface area contributed by atoms with Crippen molar-refractivity contribution in [2.24, 2.45) is 0 Å². The van der Waals surface area contributed by atoms with E-state index in [9.17, 15) is 10.1 Å². The van der Waals surface area contributed by atoms with Crippen molar-refractivity contribution >= 4 is 17.5 Å². The molecule has 0 aliphatic rings. The molecule has 8 heteroatoms. The molecule has 0 saturated heterocycles. The molecule has 0 saturated carbocycles. The molecule has 1 atom stereocenters. The van der Waals surface area contributed by atoms with Crippen molar-refractivity contribution in [2.75, 3.05) is 11.1 Å². The highest BCUT2D eigenvalue weighted by atomic mass is 16.6. The first-order valence-electron chi connectivity index (χ1n) is 8.03. The average Bonchev–Trinajstić information content (AvgIpc) is 2.63. The minimum absolute atomic E-state index is 0.178. The number of aromatic nitrogens is 3. The van der Waals surface area contributed by atoms with Crippen molar-refractivity contribution in [3.63, 3.8) is 0 Å². The number of benzene rings is 1. The Balaban J connectivity index is 1.87. The number of aryl methyl sites for hydroxylation is 1. The highest BCUT2D eigenvalue weighted by molar-refractivity contribution is 5.53. The molecule has 26 heavy (non-hydrogen) atoms. The first-order valence-corrected chi connectivity index (χ1v) is 8.03. The zero-order chi connectivity index (χ0) is 18.5. The van der Waals surface area contributed by atoms with Gasteiger partial charge in [-0.15, -0.1) is 0 Å². The summed E-state index contributed by atoms with van der Waals surface area (Å²) in [5, 5.41) is 14.0. The summed E-state index contributed by atoms with van der Waals surface area (Å²) in [6, 6.07) is 13.6. The molecule has 0 aliphatic carbocycles. The third-order valence-corrected chi connectivity index (χ3v) is 3.90. The maximum atomic E-state index is 10.9. The van der Waals surface area contributed by atoms with Gasteiger partial charge in [-0.3, -0.25) is 15.1 Å². The van der Waals surface area contributed by atoms with E-state index in [0.29, 0.717) is 6.42 Å². The first kappa shape index (κ1) is 17.3. The number of hydrogen-bond donors (Lipinski definition) is 2. The fraction of sp³-hybridized carbons (Fsp3) is 0.167. The van der Waals surface area contributed by atoms with Crippen LogP contribution in [0.1, 0.15) is 22.9 Å². The molecule has 0 fully saturated rings. The third kappa shape index (κ3) is 4.10. The van der Waals surface area contributed by atoms with Gasteiger partial charge in [-0.25, -0.2) is 4.98 Å². The van der Waals surface area contributed by atoms with E-state index in [1.807, 2.05) is 37.3 Å². The lowest BCUT2D eigenvalue weighted by molar-refractivity contribution is -0.384. The van der Waals surface area contributed by atoms with Gasteiger partial charge in [0, 0.05) is 6.20 Å². The minimum atomic E-state index is -0.609. The summed E-state index contributed by atoms with van der Waals surface area (Å²) < 4.78 is 0. The van der Waals surface area contributed by atoms with Gasteiger partial charge >= 0.3 is 5.69 Å². The largest absolute Gasteiger partial charge is 0.378 e. The number of rotatable bonds is 6. The summed E-state index contributed by atoms with van der Waals surface area (Å²) in [5.74, 6) is 0.0403. The van der Waals surface area contributed by atoms with E-state index in [0.717, 1.165) is 17.5 Å². The molecule has 0 aliphatic heterocycles. The number of nitrogen functional groups attached to an aromatic ring is 1. The number of nitro groups is 1. The van der Waals surface area contributed by atoms with E-state index in [2.05, 4.69) is 32.4 Å². The summed E-state index contributed by atoms with van der Waals surface area (Å²) >= 11 is 0. The van der Waals surface area contributed by atoms with Crippen molar-refractivity contribution in [3.8, 4) is 0 Å². The topological polar surface area (TPSA) is 120 Å². The molecule has 0 radical (unpaired) electrons. The molecule has 0 bridgehead atoms. The van der Waals surface area contributed by atoms with Gasteiger partial charge in [0.2, 0.25) is 11.8 Å². The predicted octanol–water partition coefficient (Wildman–Crippen LogP) is 3.07. The van der Waals surface area contributed by atoms with E-state index in [1.54, 1.807) is 6.20 Å². The Morgan fingerprint density at radius 1 is 1.19 bits per heavy atom. The van der Waals surface area contributed by atoms with Crippen LogP contribution < -0.4 is 11.1 Å². The molecular formula is C18H18N6O2. The normalized spacial score (nSPS) is 11.7. The Hall–Kier alpha value is -3.55. The Bertz CT molecular complexity index is 899. The van der Waals surface area contributed by atoms with Crippen LogP contribution in [0.3, 0.4) is 0 Å². The zero-order valence-electron chi connectivity index (χ0n) is 14.2. The Labute approximate surface area is 150 Å². The van der Waals surface area contributed by atoms with Crippen LogP contribution in [0.15, 0.2) is 54.9 Å². The monoisotopic (exact) mass is 350 g/mol. The van der Waals surface area contributed by atoms with Gasteiger partial charge < -0.3 is 11.1 Å². The molecule has 3 N–H and O–H groups in total. The van der Waals surface area contributed by atoms with Gasteiger partial charge in [-0.05, 0) is 31.0 Å². The molecule has 0 spiro atoms. The predicted molar refractivity (Wildman–Crippen MR) is 98.6 cm³/mol. The lowest BCUT2D eigenvalue weighted by Gasteiger charge is -2.18. The fourth-order valence-electron chi connectivity index (χ4n) is 2.53. The summed E-state index contributed by atoms with van der Waals surface area (Å²) in [6.07, 6.45) is 3.47. The lowest BCUT2D eigenvalue weighted by Crippen LogP contribution is -2.17. The number of pyridine rings is 1. The van der Waals surface area contributed by atoms with Crippen LogP contribution in [-0.4, -0.2) is 19.9 Å². The molecule has 1 unspecified atom stereocenters. The first-order chi connectivity index (χ1) is 12.5. The molecular weight excluding hydrogens is 332 g/mol. The van der Waals surface area contributed by atoms with Gasteiger partial charge in [-0.2, -0.15) is 4.98 Å². The summed E-state index contributed by atoms with van der Waals surface area (Å²) in [7, 11) is 0. The van der Waals surface area contributed by atoms with Crippen molar-refractivity contribution < 1.29 is 4.92 Å². The van der Waals surface area contributed by atoms with Crippen molar-refractivity contribution in [1.82, 2.24) is 15.0 Å². The highest BCUT2D eigenvalue weighted by Crippen LogP contribution is 2.23. The van der Waals surface area contributed by atoms with E-state index in [4.69, 9.17) is 5.73 Å². The zero-order valence-corrected chi connectivity index (χ0v) is 14.2. The molecule has 0 amide bonds. The Morgan fingerprint density at radius 2 is 1.96 bits per heavy atom. The summed E-state index contributed by atoms with van der Waals surface area (Å²) in [4.78, 5) is 22.7. The quantitative estimate of drug-likeness (QED) is 0.518. The van der Waals surface area contributed by atoms with Crippen LogP contribution >= 0.6 is 0 Å². The van der Waals surface area contributed by atoms with Crippen molar-refractivity contribution in [1.29, 1.82) is 0 Å². The van der Waals surface area contributed by atoms with Crippen LogP contribution in [-0.2, 0) is 6.42 Å². The van der Waals surface area contributed by atoms with Crippen molar-refractivity contribution in [3.05, 3.63) is 81.8 Å². The van der Waals surface area contributed by atoms with Crippen LogP contribution in [0.2, 0.25) is 0 Å². The minimum Gasteiger partial charge on any atom is -0.378 e. The van der Waals surface area contributed by atoms with Gasteiger partial charge in [-0.1, -0.05) is 35.9 Å². The fourth-order valence-corrected chi connectivity index (χ4v) is 2.53. The second-order valence-corrected chi connectivity index (χ2v) is 5.86. The molecule has 2 aromatic heterocycles. The SMILES string of the molecule is Cc1ccc(CC(Nc2ncc([N+](=O)[O-])c(N)n2)c2ccccn2)cc1. The summed E-state index contributed by atoms with van der Waals surface area (Å²) in [5.41, 5.74) is 8.46. The van der Waals surface area contributed by atoms with E-state index in [-0.39, 0.29) is 23.5 Å². The lowest BCUT2D eigenvalue weighted by atomic mass is 10.0. The van der Waals surface area contributed by atoms with Gasteiger partial charge in [0.25, 0.3) is 0 Å². The summed E-state index contributed by atoms with van der Waals surface area (Å²) in [6.45, 7) is 2.03. The van der Waals surface area contributed by atoms with Crippen LogP contribution in [0, 0.1) is 17.0 Å². The molecule has 3 aromatic rings. The van der Waals surface area contributed by atoms with Crippen LogP contribution in [0.5, 0.6) is 0 Å². The number of nitrogens with zero attached hydrogens (tertiary/aromatic N) is 4. The second kappa shape index (κ2) is 7.56. The molecule has 1 aromatic carbocycles. The Morgan fingerprint density at radius 3 is 2.58 bits per heavy atom. The van der Waals surface area contributed by atoms with E-state index < -0.39 is 4.92 Å². The van der Waals surface area contributed by atoms with E-state index >= 15 is 0 Å². The van der Waals surface area contributed by atoms with Crippen molar-refractivity contribution in [2.45, 2.75) is 19.4 Å². The van der Waals surface area contributed by atoms with Crippen LogP contribution in [0.25, 0.3) is 0 Å². The number of anilines is 2. The van der Waals surface area contributed by atoms with Crippen LogP contribution in [0.4, 0.5) is 17.5 Å². The Kier molecular flexibility index (Phi) is 5.02. The molecule has 3 rings (SSSR count). The third-order valence-electron chi connectivity index (χ3n) is 3.90. The molecule has 2 heterocycles. The number of hydrogen-bond acceptors (Lipinski definition) is 7. The van der Waals surface area contributed by atoms with E-state index in [1.165, 1.54) is 5.56 Å². The highest BCUT2D eigenvalue weighted by Gasteiger charge is 2.18. The number of nitrogens with two attached hydrogens (primary N) is 1. The van der Waals surface area contributed by atoms with Gasteiger partial charge in [0.1, 0.15) is 6.20 Å².